The molecule has 3 heterocycles. The van der Waals surface area contributed by atoms with Crippen LogP contribution in [0.1, 0.15) is 47.3 Å². The molecule has 0 aliphatic heterocycles. The number of amides is 1. The number of carbonyl (C=O) groups excluding carboxylic acids is 1. The van der Waals surface area contributed by atoms with Crippen molar-refractivity contribution in [2.45, 2.75) is 33.2 Å². The van der Waals surface area contributed by atoms with E-state index >= 15 is 0 Å². The Kier molecular flexibility index (Phi) is 5.21. The summed E-state index contributed by atoms with van der Waals surface area (Å²) in [5.74, 6) is 0.192. The van der Waals surface area contributed by atoms with Gasteiger partial charge in [0.05, 0.1) is 23.4 Å². The van der Waals surface area contributed by atoms with Crippen LogP contribution in [0.4, 0.5) is 0 Å². The van der Waals surface area contributed by atoms with E-state index in [4.69, 9.17) is 0 Å². The van der Waals surface area contributed by atoms with Gasteiger partial charge in [0, 0.05) is 7.05 Å². The summed E-state index contributed by atoms with van der Waals surface area (Å²) < 4.78 is 2.29. The van der Waals surface area contributed by atoms with Crippen LogP contribution >= 0.6 is 11.3 Å². The zero-order chi connectivity index (χ0) is 21.4. The standard InChI is InChI=1S/C21H22N6O2S/c1-12(2)18-17(24-25-27(18)14-7-5-13(3)6-8-14)21(29)26(4)11-16-22-15-9-10-30-19(15)20(28)23-16/h5-10,12H,11H2,1-4H3,(H,22,23,28). The van der Waals surface area contributed by atoms with Crippen molar-refractivity contribution in [1.29, 1.82) is 0 Å². The maximum atomic E-state index is 13.2. The number of hydrogen-bond donors (Lipinski definition) is 1. The maximum absolute atomic E-state index is 13.2. The summed E-state index contributed by atoms with van der Waals surface area (Å²) in [7, 11) is 1.66. The Labute approximate surface area is 177 Å². The smallest absolute Gasteiger partial charge is 0.276 e. The van der Waals surface area contributed by atoms with Gasteiger partial charge in [-0.15, -0.1) is 16.4 Å². The second-order valence-corrected chi connectivity index (χ2v) is 8.45. The number of thiophene rings is 1. The van der Waals surface area contributed by atoms with Crippen LogP contribution in [0.2, 0.25) is 0 Å². The van der Waals surface area contributed by atoms with E-state index in [0.29, 0.717) is 21.7 Å². The third-order valence-electron chi connectivity index (χ3n) is 4.83. The predicted octanol–water partition coefficient (Wildman–Crippen LogP) is 3.27. The summed E-state index contributed by atoms with van der Waals surface area (Å²) in [5, 5.41) is 10.3. The average molecular weight is 423 g/mol. The van der Waals surface area contributed by atoms with Crippen molar-refractivity contribution >= 4 is 27.5 Å². The molecule has 154 valence electrons. The molecule has 8 nitrogen and oxygen atoms in total. The molecule has 0 saturated carbocycles. The lowest BCUT2D eigenvalue weighted by Crippen LogP contribution is -2.29. The van der Waals surface area contributed by atoms with Crippen LogP contribution in [-0.2, 0) is 6.54 Å². The number of aromatic amines is 1. The minimum atomic E-state index is -0.273. The lowest BCUT2D eigenvalue weighted by Gasteiger charge is -2.17. The minimum Gasteiger partial charge on any atom is -0.333 e. The number of H-pyrrole nitrogens is 1. The molecule has 0 aliphatic carbocycles. The Morgan fingerprint density at radius 2 is 1.97 bits per heavy atom. The molecule has 1 N–H and O–H groups in total. The van der Waals surface area contributed by atoms with Crippen LogP contribution in [-0.4, -0.2) is 42.8 Å². The van der Waals surface area contributed by atoms with Crippen LogP contribution in [0.5, 0.6) is 0 Å². The van der Waals surface area contributed by atoms with E-state index in [9.17, 15) is 9.59 Å². The lowest BCUT2D eigenvalue weighted by molar-refractivity contribution is 0.0774. The number of aryl methyl sites for hydroxylation is 1. The summed E-state index contributed by atoms with van der Waals surface area (Å²) in [6, 6.07) is 9.70. The number of fused-ring (bicyclic) bond motifs is 1. The van der Waals surface area contributed by atoms with Gasteiger partial charge in [0.2, 0.25) is 0 Å². The molecule has 4 rings (SSSR count). The van der Waals surface area contributed by atoms with Crippen LogP contribution in [0.25, 0.3) is 15.9 Å². The third-order valence-corrected chi connectivity index (χ3v) is 5.73. The molecule has 0 atom stereocenters. The van der Waals surface area contributed by atoms with Crippen LogP contribution in [0.15, 0.2) is 40.5 Å². The van der Waals surface area contributed by atoms with Gasteiger partial charge < -0.3 is 9.88 Å². The zero-order valence-electron chi connectivity index (χ0n) is 17.2. The van der Waals surface area contributed by atoms with Crippen molar-refractivity contribution in [3.05, 3.63) is 68.8 Å². The normalized spacial score (nSPS) is 11.4. The number of nitrogens with zero attached hydrogens (tertiary/aromatic N) is 5. The number of hydrogen-bond acceptors (Lipinski definition) is 6. The highest BCUT2D eigenvalue weighted by Gasteiger charge is 2.26. The summed E-state index contributed by atoms with van der Waals surface area (Å²) in [5.41, 5.74) is 3.47. The largest absolute Gasteiger partial charge is 0.333 e. The molecule has 0 bridgehead atoms. The fraction of sp³-hybridized carbons (Fsp3) is 0.286. The first-order chi connectivity index (χ1) is 14.3. The van der Waals surface area contributed by atoms with Gasteiger partial charge in [0.25, 0.3) is 11.5 Å². The van der Waals surface area contributed by atoms with E-state index in [-0.39, 0.29) is 23.9 Å². The van der Waals surface area contributed by atoms with Gasteiger partial charge >= 0.3 is 0 Å². The predicted molar refractivity (Wildman–Crippen MR) is 116 cm³/mol. The number of rotatable bonds is 5. The van der Waals surface area contributed by atoms with Crippen LogP contribution < -0.4 is 5.56 Å². The SMILES string of the molecule is Cc1ccc(-n2nnc(C(=O)N(C)Cc3nc4ccsc4c(=O)[nH]3)c2C(C)C)cc1. The molecular formula is C21H22N6O2S. The molecule has 1 amide bonds. The molecule has 9 heteroatoms. The third kappa shape index (κ3) is 3.63. The van der Waals surface area contributed by atoms with E-state index < -0.39 is 0 Å². The van der Waals surface area contributed by atoms with E-state index in [2.05, 4.69) is 20.3 Å². The number of nitrogens with one attached hydrogen (secondary N) is 1. The van der Waals surface area contributed by atoms with Gasteiger partial charge in [0.15, 0.2) is 5.69 Å². The first-order valence-corrected chi connectivity index (χ1v) is 10.5. The first kappa shape index (κ1) is 20.0. The number of aromatic nitrogens is 5. The van der Waals surface area contributed by atoms with E-state index in [1.807, 2.05) is 50.4 Å². The Balaban J connectivity index is 1.64. The fourth-order valence-electron chi connectivity index (χ4n) is 3.31. The first-order valence-electron chi connectivity index (χ1n) is 9.59. The maximum Gasteiger partial charge on any atom is 0.276 e. The molecule has 4 aromatic rings. The summed E-state index contributed by atoms with van der Waals surface area (Å²) in [6.45, 7) is 6.19. The van der Waals surface area contributed by atoms with Crippen molar-refractivity contribution in [2.75, 3.05) is 7.05 Å². The molecular weight excluding hydrogens is 400 g/mol. The summed E-state index contributed by atoms with van der Waals surface area (Å²) in [6.07, 6.45) is 0. The Morgan fingerprint density at radius 3 is 2.67 bits per heavy atom. The van der Waals surface area contributed by atoms with Crippen LogP contribution in [0.3, 0.4) is 0 Å². The van der Waals surface area contributed by atoms with Gasteiger partial charge in [-0.1, -0.05) is 36.8 Å². The highest BCUT2D eigenvalue weighted by Crippen LogP contribution is 2.23. The topological polar surface area (TPSA) is 96.8 Å². The molecule has 0 aliphatic rings. The Morgan fingerprint density at radius 1 is 1.23 bits per heavy atom. The zero-order valence-corrected chi connectivity index (χ0v) is 18.0. The number of benzene rings is 1. The van der Waals surface area contributed by atoms with E-state index in [0.717, 1.165) is 16.9 Å². The lowest BCUT2D eigenvalue weighted by atomic mass is 10.1. The molecule has 0 saturated heterocycles. The van der Waals surface area contributed by atoms with E-state index in [1.54, 1.807) is 17.8 Å². The van der Waals surface area contributed by atoms with Crippen molar-refractivity contribution < 1.29 is 4.79 Å². The average Bonchev–Trinajstić information content (AvgIpc) is 3.35. The Hall–Kier alpha value is -3.33. The van der Waals surface area contributed by atoms with Gasteiger partial charge in [0.1, 0.15) is 10.5 Å². The molecule has 0 fully saturated rings. The minimum absolute atomic E-state index is 0.0359. The molecule has 0 unspecified atom stereocenters. The van der Waals surface area contributed by atoms with Crippen molar-refractivity contribution in [2.24, 2.45) is 0 Å². The van der Waals surface area contributed by atoms with Crippen molar-refractivity contribution in [3.63, 3.8) is 0 Å². The second-order valence-electron chi connectivity index (χ2n) is 7.53. The molecule has 0 spiro atoms. The fourth-order valence-corrected chi connectivity index (χ4v) is 4.04. The van der Waals surface area contributed by atoms with Crippen LogP contribution in [0, 0.1) is 6.92 Å². The highest BCUT2D eigenvalue weighted by atomic mass is 32.1. The summed E-state index contributed by atoms with van der Waals surface area (Å²) in [4.78, 5) is 34.1. The van der Waals surface area contributed by atoms with Crippen molar-refractivity contribution in [3.8, 4) is 5.69 Å². The van der Waals surface area contributed by atoms with Gasteiger partial charge in [-0.05, 0) is 36.4 Å². The van der Waals surface area contributed by atoms with Gasteiger partial charge in [-0.25, -0.2) is 9.67 Å². The molecule has 30 heavy (non-hydrogen) atoms. The van der Waals surface area contributed by atoms with Gasteiger partial charge in [-0.3, -0.25) is 9.59 Å². The highest BCUT2D eigenvalue weighted by molar-refractivity contribution is 7.17. The molecule has 3 aromatic heterocycles. The summed E-state index contributed by atoms with van der Waals surface area (Å²) >= 11 is 1.34. The van der Waals surface area contributed by atoms with E-state index in [1.165, 1.54) is 16.2 Å². The van der Waals surface area contributed by atoms with Gasteiger partial charge in [-0.2, -0.15) is 0 Å². The van der Waals surface area contributed by atoms with Crippen molar-refractivity contribution in [1.82, 2.24) is 29.9 Å². The number of carbonyl (C=O) groups is 1. The monoisotopic (exact) mass is 422 g/mol. The second kappa shape index (κ2) is 7.83. The quantitative estimate of drug-likeness (QED) is 0.532. The molecule has 1 aromatic carbocycles. The Bertz CT molecular complexity index is 1270. The molecule has 0 radical (unpaired) electrons.